The molecule has 0 fully saturated rings. The van der Waals surface area contributed by atoms with Crippen LogP contribution in [0.2, 0.25) is 0 Å². The number of pyridine rings is 1. The van der Waals surface area contributed by atoms with Crippen LogP contribution in [0, 0.1) is 0 Å². The molecule has 0 saturated heterocycles. The van der Waals surface area contributed by atoms with Gasteiger partial charge in [-0.3, -0.25) is 4.98 Å². The molecule has 2 aromatic carbocycles. The number of hydrogen-bond acceptors (Lipinski definition) is 4. The van der Waals surface area contributed by atoms with E-state index >= 15 is 0 Å². The molecular formula is C17H14N4. The fourth-order valence-corrected chi connectivity index (χ4v) is 1.94. The van der Waals surface area contributed by atoms with Crippen LogP contribution < -0.4 is 5.73 Å². The summed E-state index contributed by atoms with van der Waals surface area (Å²) in [5, 5.41) is 8.37. The molecule has 3 aromatic rings. The number of para-hydroxylation sites is 1. The second-order valence-corrected chi connectivity index (χ2v) is 4.55. The van der Waals surface area contributed by atoms with E-state index in [9.17, 15) is 0 Å². The summed E-state index contributed by atoms with van der Waals surface area (Å²) in [5.41, 5.74) is 10.1. The molecule has 0 saturated carbocycles. The largest absolute Gasteiger partial charge is 0.397 e. The molecule has 0 atom stereocenters. The van der Waals surface area contributed by atoms with Crippen molar-refractivity contribution in [2.24, 2.45) is 10.2 Å². The lowest BCUT2D eigenvalue weighted by Crippen LogP contribution is -1.82. The van der Waals surface area contributed by atoms with Crippen LogP contribution in [0.25, 0.3) is 11.1 Å². The van der Waals surface area contributed by atoms with E-state index in [0.29, 0.717) is 11.4 Å². The van der Waals surface area contributed by atoms with E-state index in [0.717, 1.165) is 16.8 Å². The molecular weight excluding hydrogens is 260 g/mol. The van der Waals surface area contributed by atoms with E-state index in [4.69, 9.17) is 5.73 Å². The molecule has 0 aliphatic rings. The van der Waals surface area contributed by atoms with Crippen LogP contribution >= 0.6 is 0 Å². The lowest BCUT2D eigenvalue weighted by atomic mass is 10.1. The summed E-state index contributed by atoms with van der Waals surface area (Å²) in [5.74, 6) is 0. The number of hydrogen-bond donors (Lipinski definition) is 1. The quantitative estimate of drug-likeness (QED) is 0.553. The third kappa shape index (κ3) is 3.12. The highest BCUT2D eigenvalue weighted by atomic mass is 15.1. The molecule has 0 aliphatic carbocycles. The van der Waals surface area contributed by atoms with Crippen molar-refractivity contribution in [1.29, 1.82) is 0 Å². The Morgan fingerprint density at radius 2 is 1.57 bits per heavy atom. The second-order valence-electron chi connectivity index (χ2n) is 4.55. The minimum absolute atomic E-state index is 0.619. The predicted molar refractivity (Wildman–Crippen MR) is 84.7 cm³/mol. The molecule has 0 aliphatic heterocycles. The third-order valence-electron chi connectivity index (χ3n) is 3.07. The topological polar surface area (TPSA) is 63.6 Å². The molecule has 3 rings (SSSR count). The molecule has 0 unspecified atom stereocenters. The Labute approximate surface area is 123 Å². The van der Waals surface area contributed by atoms with Gasteiger partial charge in [-0.2, -0.15) is 5.11 Å². The van der Waals surface area contributed by atoms with Gasteiger partial charge >= 0.3 is 0 Å². The smallest absolute Gasteiger partial charge is 0.109 e. The highest BCUT2D eigenvalue weighted by Crippen LogP contribution is 2.25. The molecule has 2 N–H and O–H groups in total. The maximum Gasteiger partial charge on any atom is 0.109 e. The highest BCUT2D eigenvalue weighted by Gasteiger charge is 1.98. The van der Waals surface area contributed by atoms with Crippen LogP contribution in [0.15, 0.2) is 83.3 Å². The molecule has 0 amide bonds. The molecule has 4 heteroatoms. The average molecular weight is 274 g/mol. The van der Waals surface area contributed by atoms with E-state index in [-0.39, 0.29) is 0 Å². The summed E-state index contributed by atoms with van der Waals surface area (Å²) < 4.78 is 0. The zero-order chi connectivity index (χ0) is 14.5. The summed E-state index contributed by atoms with van der Waals surface area (Å²) >= 11 is 0. The zero-order valence-electron chi connectivity index (χ0n) is 11.3. The summed E-state index contributed by atoms with van der Waals surface area (Å²) in [4.78, 5) is 4.11. The van der Waals surface area contributed by atoms with Crippen LogP contribution in [-0.4, -0.2) is 4.98 Å². The van der Waals surface area contributed by atoms with Gasteiger partial charge in [-0.05, 0) is 41.5 Å². The Bertz CT molecular complexity index is 749. The average Bonchev–Trinajstić information content (AvgIpc) is 2.55. The van der Waals surface area contributed by atoms with Crippen molar-refractivity contribution in [3.05, 3.63) is 73.1 Å². The lowest BCUT2D eigenvalue weighted by molar-refractivity contribution is 1.23. The first-order chi connectivity index (χ1) is 10.3. The van der Waals surface area contributed by atoms with Crippen molar-refractivity contribution < 1.29 is 0 Å². The number of nitrogens with zero attached hydrogens (tertiary/aromatic N) is 3. The van der Waals surface area contributed by atoms with Gasteiger partial charge in [-0.25, -0.2) is 0 Å². The van der Waals surface area contributed by atoms with Gasteiger partial charge in [0.25, 0.3) is 0 Å². The van der Waals surface area contributed by atoms with E-state index in [1.165, 1.54) is 0 Å². The number of rotatable bonds is 3. The fraction of sp³-hybridized carbons (Fsp3) is 0. The Kier molecular flexibility index (Phi) is 3.69. The Morgan fingerprint density at radius 1 is 0.762 bits per heavy atom. The predicted octanol–water partition coefficient (Wildman–Crippen LogP) is 4.75. The number of aromatic nitrogens is 1. The van der Waals surface area contributed by atoms with Crippen molar-refractivity contribution in [3.63, 3.8) is 0 Å². The minimum Gasteiger partial charge on any atom is -0.397 e. The normalized spacial score (nSPS) is 10.9. The maximum atomic E-state index is 5.82. The number of nitrogens with two attached hydrogens (primary N) is 1. The number of azo groups is 1. The van der Waals surface area contributed by atoms with Crippen LogP contribution in [0.3, 0.4) is 0 Å². The van der Waals surface area contributed by atoms with Crippen LogP contribution in [0.5, 0.6) is 0 Å². The van der Waals surface area contributed by atoms with Gasteiger partial charge in [0.2, 0.25) is 0 Å². The molecule has 4 nitrogen and oxygen atoms in total. The summed E-state index contributed by atoms with van der Waals surface area (Å²) in [6, 6.07) is 19.2. The number of benzene rings is 2. The molecule has 0 spiro atoms. The summed E-state index contributed by atoms with van der Waals surface area (Å²) in [6.45, 7) is 0. The van der Waals surface area contributed by atoms with Crippen molar-refractivity contribution in [2.75, 3.05) is 5.73 Å². The van der Waals surface area contributed by atoms with Crippen LogP contribution in [0.4, 0.5) is 17.1 Å². The Morgan fingerprint density at radius 3 is 2.29 bits per heavy atom. The zero-order valence-corrected chi connectivity index (χ0v) is 11.3. The van der Waals surface area contributed by atoms with Gasteiger partial charge in [0.15, 0.2) is 0 Å². The van der Waals surface area contributed by atoms with E-state index < -0.39 is 0 Å². The van der Waals surface area contributed by atoms with Gasteiger partial charge in [0, 0.05) is 12.4 Å². The Balaban J connectivity index is 1.81. The van der Waals surface area contributed by atoms with Gasteiger partial charge < -0.3 is 5.73 Å². The van der Waals surface area contributed by atoms with Gasteiger partial charge in [0.1, 0.15) is 5.69 Å². The number of anilines is 1. The SMILES string of the molecule is Nc1ccccc1N=Nc1ccc(-c2cccnc2)cc1. The number of nitrogen functional groups attached to an aromatic ring is 1. The first-order valence-corrected chi connectivity index (χ1v) is 6.60. The molecule has 1 heterocycles. The molecule has 0 bridgehead atoms. The van der Waals surface area contributed by atoms with Crippen molar-refractivity contribution in [2.45, 2.75) is 0 Å². The van der Waals surface area contributed by atoms with Crippen molar-refractivity contribution in [3.8, 4) is 11.1 Å². The molecule has 21 heavy (non-hydrogen) atoms. The van der Waals surface area contributed by atoms with E-state index in [1.54, 1.807) is 12.3 Å². The highest BCUT2D eigenvalue weighted by molar-refractivity contribution is 5.65. The van der Waals surface area contributed by atoms with Crippen molar-refractivity contribution >= 4 is 17.1 Å². The van der Waals surface area contributed by atoms with Gasteiger partial charge in [-0.15, -0.1) is 5.11 Å². The standard InChI is InChI=1S/C17H14N4/c18-16-5-1-2-6-17(16)21-20-15-9-7-13(8-10-15)14-4-3-11-19-12-14/h1-12H,18H2. The second kappa shape index (κ2) is 5.96. The first-order valence-electron chi connectivity index (χ1n) is 6.60. The first kappa shape index (κ1) is 13.0. The molecule has 0 radical (unpaired) electrons. The summed E-state index contributed by atoms with van der Waals surface area (Å²) in [7, 11) is 0. The fourth-order valence-electron chi connectivity index (χ4n) is 1.94. The van der Waals surface area contributed by atoms with Crippen molar-refractivity contribution in [1.82, 2.24) is 4.98 Å². The molecule has 102 valence electrons. The van der Waals surface area contributed by atoms with Crippen LogP contribution in [-0.2, 0) is 0 Å². The third-order valence-corrected chi connectivity index (χ3v) is 3.07. The maximum absolute atomic E-state index is 5.82. The van der Waals surface area contributed by atoms with Gasteiger partial charge in [0.05, 0.1) is 11.4 Å². The monoisotopic (exact) mass is 274 g/mol. The van der Waals surface area contributed by atoms with Crippen LogP contribution in [0.1, 0.15) is 0 Å². The summed E-state index contributed by atoms with van der Waals surface area (Å²) in [6.07, 6.45) is 3.59. The Hall–Kier alpha value is -3.01. The lowest BCUT2D eigenvalue weighted by Gasteiger charge is -2.01. The van der Waals surface area contributed by atoms with E-state index in [2.05, 4.69) is 15.2 Å². The molecule has 1 aromatic heterocycles. The van der Waals surface area contributed by atoms with Gasteiger partial charge in [-0.1, -0.05) is 30.3 Å². The minimum atomic E-state index is 0.619. The van der Waals surface area contributed by atoms with E-state index in [1.807, 2.05) is 60.8 Å².